The Bertz CT molecular complexity index is 413. The van der Waals surface area contributed by atoms with Crippen LogP contribution in [0.25, 0.3) is 0 Å². The molecule has 0 aliphatic heterocycles. The van der Waals surface area contributed by atoms with Gasteiger partial charge in [0.1, 0.15) is 10.6 Å². The Morgan fingerprint density at radius 1 is 1.29 bits per heavy atom. The predicted molar refractivity (Wildman–Crippen MR) is 68.2 cm³/mol. The highest BCUT2D eigenvalue weighted by Gasteiger charge is 2.35. The predicted octanol–water partition coefficient (Wildman–Crippen LogP) is 4.39. The van der Waals surface area contributed by atoms with E-state index < -0.39 is 0 Å². The summed E-state index contributed by atoms with van der Waals surface area (Å²) in [6, 6.07) is 8.91. The van der Waals surface area contributed by atoms with Crippen LogP contribution < -0.4 is 0 Å². The first kappa shape index (κ1) is 12.4. The smallest absolute Gasteiger partial charge is 0.123 e. The van der Waals surface area contributed by atoms with Crippen molar-refractivity contribution >= 4 is 11.8 Å². The fraction of sp³-hybridized carbons (Fsp3) is 0.500. The maximum absolute atomic E-state index is 12.8. The van der Waals surface area contributed by atoms with Gasteiger partial charge in [-0.25, -0.2) is 4.39 Å². The fourth-order valence-corrected chi connectivity index (χ4v) is 3.40. The zero-order valence-corrected chi connectivity index (χ0v) is 10.8. The second kappa shape index (κ2) is 5.10. The first-order valence-electron chi connectivity index (χ1n) is 5.99. The normalized spacial score (nSPS) is 28.6. The van der Waals surface area contributed by atoms with Gasteiger partial charge >= 0.3 is 0 Å². The topological polar surface area (TPSA) is 23.8 Å². The van der Waals surface area contributed by atoms with E-state index in [9.17, 15) is 9.65 Å². The molecule has 1 aliphatic carbocycles. The maximum atomic E-state index is 12.8. The van der Waals surface area contributed by atoms with Crippen molar-refractivity contribution in [1.29, 1.82) is 5.26 Å². The third-order valence-corrected chi connectivity index (χ3v) is 4.81. The molecule has 0 bridgehead atoms. The van der Waals surface area contributed by atoms with Crippen molar-refractivity contribution in [3.63, 3.8) is 0 Å². The maximum Gasteiger partial charge on any atom is 0.123 e. The average molecular weight is 249 g/mol. The molecule has 1 fully saturated rings. The van der Waals surface area contributed by atoms with Gasteiger partial charge in [-0.1, -0.05) is 6.92 Å². The van der Waals surface area contributed by atoms with E-state index in [1.165, 1.54) is 12.1 Å². The Balaban J connectivity index is 2.10. The van der Waals surface area contributed by atoms with Crippen LogP contribution in [0.2, 0.25) is 0 Å². The summed E-state index contributed by atoms with van der Waals surface area (Å²) in [5.74, 6) is 0.503. The van der Waals surface area contributed by atoms with Gasteiger partial charge in [-0.2, -0.15) is 5.26 Å². The molecule has 3 heteroatoms. The summed E-state index contributed by atoms with van der Waals surface area (Å²) in [5, 5.41) is 9.40. The van der Waals surface area contributed by atoms with Crippen LogP contribution in [0.15, 0.2) is 29.2 Å². The molecule has 1 aromatic rings. The highest BCUT2D eigenvalue weighted by atomic mass is 32.2. The van der Waals surface area contributed by atoms with Gasteiger partial charge in [-0.3, -0.25) is 0 Å². The van der Waals surface area contributed by atoms with E-state index in [0.717, 1.165) is 36.5 Å². The molecule has 0 saturated heterocycles. The lowest BCUT2D eigenvalue weighted by molar-refractivity contribution is 0.358. The third kappa shape index (κ3) is 3.01. The standard InChI is InChI=1S/C14H16FNS/c1-11-6-8-14(10-16,9-7-11)17-13-4-2-12(15)3-5-13/h2-5,11H,6-9H2,1H3. The van der Waals surface area contributed by atoms with Crippen molar-refractivity contribution < 1.29 is 4.39 Å². The van der Waals surface area contributed by atoms with Crippen molar-refractivity contribution in [1.82, 2.24) is 0 Å². The van der Waals surface area contributed by atoms with Gasteiger partial charge in [-0.05, 0) is 55.9 Å². The number of nitrogens with zero attached hydrogens (tertiary/aromatic N) is 1. The van der Waals surface area contributed by atoms with Crippen molar-refractivity contribution in [2.75, 3.05) is 0 Å². The van der Waals surface area contributed by atoms with E-state index in [2.05, 4.69) is 13.0 Å². The molecule has 0 aromatic heterocycles. The Hall–Kier alpha value is -1.01. The molecule has 1 saturated carbocycles. The van der Waals surface area contributed by atoms with Crippen LogP contribution in [-0.4, -0.2) is 4.75 Å². The summed E-state index contributed by atoms with van der Waals surface area (Å²) in [6.07, 6.45) is 4.10. The molecular weight excluding hydrogens is 233 g/mol. The molecule has 1 aromatic carbocycles. The molecule has 90 valence electrons. The van der Waals surface area contributed by atoms with Crippen LogP contribution in [0.4, 0.5) is 4.39 Å². The quantitative estimate of drug-likeness (QED) is 0.776. The van der Waals surface area contributed by atoms with Gasteiger partial charge in [0.25, 0.3) is 0 Å². The van der Waals surface area contributed by atoms with Gasteiger partial charge in [0, 0.05) is 4.90 Å². The first-order valence-corrected chi connectivity index (χ1v) is 6.81. The lowest BCUT2D eigenvalue weighted by atomic mass is 9.83. The molecule has 1 nitrogen and oxygen atoms in total. The number of nitriles is 1. The van der Waals surface area contributed by atoms with Gasteiger partial charge < -0.3 is 0 Å². The summed E-state index contributed by atoms with van der Waals surface area (Å²) >= 11 is 1.59. The van der Waals surface area contributed by atoms with Crippen LogP contribution in [0.3, 0.4) is 0 Å². The van der Waals surface area contributed by atoms with Crippen molar-refractivity contribution in [3.05, 3.63) is 30.1 Å². The van der Waals surface area contributed by atoms with Crippen LogP contribution in [-0.2, 0) is 0 Å². The van der Waals surface area contributed by atoms with Crippen molar-refractivity contribution in [2.45, 2.75) is 42.2 Å². The molecule has 0 unspecified atom stereocenters. The van der Waals surface area contributed by atoms with E-state index in [1.54, 1.807) is 23.9 Å². The Kier molecular flexibility index (Phi) is 3.73. The third-order valence-electron chi connectivity index (χ3n) is 3.41. The number of hydrogen-bond acceptors (Lipinski definition) is 2. The molecule has 0 heterocycles. The summed E-state index contributed by atoms with van der Waals surface area (Å²) in [6.45, 7) is 2.24. The molecule has 17 heavy (non-hydrogen) atoms. The van der Waals surface area contributed by atoms with Crippen molar-refractivity contribution in [2.24, 2.45) is 5.92 Å². The molecule has 1 aliphatic rings. The van der Waals surface area contributed by atoms with Gasteiger partial charge in [0.15, 0.2) is 0 Å². The molecule has 0 radical (unpaired) electrons. The van der Waals surface area contributed by atoms with Crippen LogP contribution >= 0.6 is 11.8 Å². The highest BCUT2D eigenvalue weighted by Crippen LogP contribution is 2.44. The van der Waals surface area contributed by atoms with Crippen molar-refractivity contribution in [3.8, 4) is 6.07 Å². The second-order valence-corrected chi connectivity index (χ2v) is 6.30. The SMILES string of the molecule is CC1CCC(C#N)(Sc2ccc(F)cc2)CC1. The van der Waals surface area contributed by atoms with E-state index in [4.69, 9.17) is 0 Å². The molecule has 0 N–H and O–H groups in total. The summed E-state index contributed by atoms with van der Waals surface area (Å²) in [4.78, 5) is 0.988. The summed E-state index contributed by atoms with van der Waals surface area (Å²) < 4.78 is 12.5. The van der Waals surface area contributed by atoms with E-state index in [0.29, 0.717) is 0 Å². The van der Waals surface area contributed by atoms with Crippen LogP contribution in [0.5, 0.6) is 0 Å². The zero-order chi connectivity index (χ0) is 12.3. The molecule has 2 rings (SSSR count). The number of halogens is 1. The zero-order valence-electron chi connectivity index (χ0n) is 9.95. The van der Waals surface area contributed by atoms with E-state index in [-0.39, 0.29) is 10.6 Å². The fourth-order valence-electron chi connectivity index (χ4n) is 2.19. The lowest BCUT2D eigenvalue weighted by Crippen LogP contribution is -2.28. The average Bonchev–Trinajstić information content (AvgIpc) is 2.35. The number of thioether (sulfide) groups is 1. The van der Waals surface area contributed by atoms with E-state index >= 15 is 0 Å². The molecular formula is C14H16FNS. The van der Waals surface area contributed by atoms with Gasteiger partial charge in [0.05, 0.1) is 6.07 Å². The van der Waals surface area contributed by atoms with Gasteiger partial charge in [-0.15, -0.1) is 11.8 Å². The first-order chi connectivity index (χ1) is 8.13. The number of benzene rings is 1. The number of rotatable bonds is 2. The monoisotopic (exact) mass is 249 g/mol. The molecule has 0 spiro atoms. The van der Waals surface area contributed by atoms with E-state index in [1.807, 2.05) is 0 Å². The second-order valence-electron chi connectivity index (χ2n) is 4.84. The summed E-state index contributed by atoms with van der Waals surface area (Å²) in [5.41, 5.74) is 0. The Morgan fingerprint density at radius 3 is 2.41 bits per heavy atom. The Labute approximate surface area is 106 Å². The van der Waals surface area contributed by atoms with Crippen LogP contribution in [0, 0.1) is 23.1 Å². The van der Waals surface area contributed by atoms with Crippen LogP contribution in [0.1, 0.15) is 32.6 Å². The highest BCUT2D eigenvalue weighted by molar-refractivity contribution is 8.01. The summed E-state index contributed by atoms with van der Waals surface area (Å²) in [7, 11) is 0. The number of hydrogen-bond donors (Lipinski definition) is 0. The molecule has 0 amide bonds. The molecule has 0 atom stereocenters. The van der Waals surface area contributed by atoms with Gasteiger partial charge in [0.2, 0.25) is 0 Å². The lowest BCUT2D eigenvalue weighted by Gasteiger charge is -2.33. The minimum atomic E-state index is -0.301. The largest absolute Gasteiger partial charge is 0.207 e. The minimum absolute atomic E-state index is 0.224. The Morgan fingerprint density at radius 2 is 1.88 bits per heavy atom. The minimum Gasteiger partial charge on any atom is -0.207 e.